The van der Waals surface area contributed by atoms with Crippen LogP contribution in [0.4, 0.5) is 4.79 Å². The molecule has 1 aliphatic carbocycles. The van der Waals surface area contributed by atoms with Gasteiger partial charge in [-0.25, -0.2) is 4.79 Å². The quantitative estimate of drug-likeness (QED) is 0.839. The largest absolute Gasteiger partial charge is 0.331 e. The first kappa shape index (κ1) is 15.0. The van der Waals surface area contributed by atoms with Crippen LogP contribution in [0.2, 0.25) is 0 Å². The van der Waals surface area contributed by atoms with Crippen molar-refractivity contribution in [3.63, 3.8) is 0 Å². The number of rotatable bonds is 2. The number of nitrogens with zero attached hydrogens (tertiary/aromatic N) is 3. The van der Waals surface area contributed by atoms with Gasteiger partial charge in [-0.2, -0.15) is 0 Å². The zero-order chi connectivity index (χ0) is 16.0. The summed E-state index contributed by atoms with van der Waals surface area (Å²) in [6.07, 6.45) is 2.51. The molecule has 1 saturated carbocycles. The number of hydrogen-bond donors (Lipinski definition) is 0. The molecule has 3 saturated heterocycles. The van der Waals surface area contributed by atoms with Crippen molar-refractivity contribution in [2.24, 2.45) is 17.8 Å². The highest BCUT2D eigenvalue weighted by Gasteiger charge is 2.52. The third-order valence-corrected chi connectivity index (χ3v) is 6.13. The number of benzene rings is 1. The monoisotopic (exact) mass is 313 g/mol. The fourth-order valence-corrected chi connectivity index (χ4v) is 5.11. The smallest absolute Gasteiger partial charge is 0.319 e. The Labute approximate surface area is 139 Å². The van der Waals surface area contributed by atoms with Gasteiger partial charge in [0.2, 0.25) is 0 Å². The topological polar surface area (TPSA) is 26.8 Å². The zero-order valence-electron chi connectivity index (χ0n) is 14.2. The molecule has 0 spiro atoms. The Morgan fingerprint density at radius 1 is 1.09 bits per heavy atom. The fourth-order valence-electron chi connectivity index (χ4n) is 5.11. The number of amides is 2. The lowest BCUT2D eigenvalue weighted by atomic mass is 9.67. The van der Waals surface area contributed by atoms with E-state index >= 15 is 0 Å². The fraction of sp³-hybridized carbons (Fsp3) is 0.632. The van der Waals surface area contributed by atoms with Crippen LogP contribution in [0.3, 0.4) is 0 Å². The summed E-state index contributed by atoms with van der Waals surface area (Å²) in [6, 6.07) is 11.4. The van der Waals surface area contributed by atoms with Gasteiger partial charge in [-0.15, -0.1) is 0 Å². The van der Waals surface area contributed by atoms with Crippen molar-refractivity contribution in [1.29, 1.82) is 0 Å². The Balaban J connectivity index is 1.48. The summed E-state index contributed by atoms with van der Waals surface area (Å²) in [5.41, 5.74) is 1.40. The van der Waals surface area contributed by atoms with E-state index in [0.29, 0.717) is 17.9 Å². The van der Waals surface area contributed by atoms with Crippen LogP contribution in [-0.2, 0) is 6.54 Å². The van der Waals surface area contributed by atoms with Gasteiger partial charge in [0.1, 0.15) is 0 Å². The summed E-state index contributed by atoms with van der Waals surface area (Å²) in [5.74, 6) is 2.17. The molecule has 0 aromatic heterocycles. The summed E-state index contributed by atoms with van der Waals surface area (Å²) in [7, 11) is 3.75. The Morgan fingerprint density at radius 2 is 1.83 bits per heavy atom. The van der Waals surface area contributed by atoms with Crippen LogP contribution in [0.25, 0.3) is 0 Å². The Kier molecular flexibility index (Phi) is 3.80. The molecule has 2 amide bonds. The van der Waals surface area contributed by atoms with Gasteiger partial charge < -0.3 is 9.80 Å². The summed E-state index contributed by atoms with van der Waals surface area (Å²) >= 11 is 0. The van der Waals surface area contributed by atoms with Crippen LogP contribution in [0.1, 0.15) is 18.4 Å². The predicted octanol–water partition coefficient (Wildman–Crippen LogP) is 2.51. The van der Waals surface area contributed by atoms with Crippen molar-refractivity contribution in [2.75, 3.05) is 33.7 Å². The van der Waals surface area contributed by atoms with Crippen molar-refractivity contribution < 1.29 is 4.79 Å². The lowest BCUT2D eigenvalue weighted by Crippen LogP contribution is -2.60. The molecule has 3 heterocycles. The van der Waals surface area contributed by atoms with Crippen LogP contribution in [0.15, 0.2) is 30.3 Å². The number of carbonyl (C=O) groups excluding carboxylic acids is 1. The molecule has 4 heteroatoms. The number of carbonyl (C=O) groups is 1. The normalized spacial score (nSPS) is 32.9. The van der Waals surface area contributed by atoms with Gasteiger partial charge in [0.05, 0.1) is 0 Å². The predicted molar refractivity (Wildman–Crippen MR) is 91.0 cm³/mol. The maximum atomic E-state index is 12.5. The lowest BCUT2D eigenvalue weighted by Gasteiger charge is -2.52. The van der Waals surface area contributed by atoms with Crippen molar-refractivity contribution in [3.05, 3.63) is 35.9 Å². The summed E-state index contributed by atoms with van der Waals surface area (Å²) < 4.78 is 0. The maximum Gasteiger partial charge on any atom is 0.319 e. The third-order valence-electron chi connectivity index (χ3n) is 6.13. The summed E-state index contributed by atoms with van der Waals surface area (Å²) in [4.78, 5) is 19.0. The van der Waals surface area contributed by atoms with E-state index in [1.165, 1.54) is 24.9 Å². The molecule has 23 heavy (non-hydrogen) atoms. The van der Waals surface area contributed by atoms with Crippen LogP contribution in [0, 0.1) is 17.8 Å². The molecule has 0 N–H and O–H groups in total. The molecule has 4 fully saturated rings. The molecule has 124 valence electrons. The van der Waals surface area contributed by atoms with Crippen molar-refractivity contribution >= 4 is 6.03 Å². The molecule has 0 radical (unpaired) electrons. The molecule has 5 rings (SSSR count). The second-order valence-corrected chi connectivity index (χ2v) is 7.74. The minimum atomic E-state index is 0.208. The van der Waals surface area contributed by atoms with Gasteiger partial charge in [0.15, 0.2) is 0 Å². The van der Waals surface area contributed by atoms with E-state index in [9.17, 15) is 4.79 Å². The molecular formula is C19H27N3O. The zero-order valence-corrected chi connectivity index (χ0v) is 14.2. The molecule has 4 nitrogen and oxygen atoms in total. The molecule has 3 aliphatic heterocycles. The van der Waals surface area contributed by atoms with E-state index in [4.69, 9.17) is 0 Å². The van der Waals surface area contributed by atoms with E-state index in [0.717, 1.165) is 25.6 Å². The average Bonchev–Trinajstić information content (AvgIpc) is 3.00. The molecule has 1 aromatic carbocycles. The van der Waals surface area contributed by atoms with Gasteiger partial charge in [-0.1, -0.05) is 30.3 Å². The van der Waals surface area contributed by atoms with Crippen LogP contribution < -0.4 is 0 Å². The third kappa shape index (κ3) is 2.63. The minimum Gasteiger partial charge on any atom is -0.331 e. The van der Waals surface area contributed by atoms with Crippen molar-refractivity contribution in [1.82, 2.24) is 14.7 Å². The van der Waals surface area contributed by atoms with E-state index in [2.05, 4.69) is 40.1 Å². The second-order valence-electron chi connectivity index (χ2n) is 7.74. The van der Waals surface area contributed by atoms with E-state index < -0.39 is 0 Å². The Morgan fingerprint density at radius 3 is 2.57 bits per heavy atom. The molecule has 1 aromatic rings. The van der Waals surface area contributed by atoms with Crippen molar-refractivity contribution in [2.45, 2.75) is 25.4 Å². The number of urea groups is 1. The molecule has 4 aliphatic rings. The standard InChI is InChI=1S/C19H27N3O/c1-20(2)19(23)22-11-15-8-9-18(22)17-13-21(12-16(15)17)10-14-6-4-3-5-7-14/h3-7,15-18H,8-13H2,1-2H3. The van der Waals surface area contributed by atoms with Gasteiger partial charge in [-0.05, 0) is 36.2 Å². The first-order valence-electron chi connectivity index (χ1n) is 8.87. The molecule has 2 bridgehead atoms. The molecular weight excluding hydrogens is 286 g/mol. The Bertz CT molecular complexity index is 573. The number of hydrogen-bond acceptors (Lipinski definition) is 2. The summed E-state index contributed by atoms with van der Waals surface area (Å²) in [6.45, 7) is 4.39. The summed E-state index contributed by atoms with van der Waals surface area (Å²) in [5, 5.41) is 0. The van der Waals surface area contributed by atoms with E-state index in [1.807, 2.05) is 14.1 Å². The van der Waals surface area contributed by atoms with Crippen molar-refractivity contribution in [3.8, 4) is 0 Å². The molecule has 4 atom stereocenters. The van der Waals surface area contributed by atoms with Gasteiger partial charge in [-0.3, -0.25) is 4.90 Å². The SMILES string of the molecule is CN(C)C(=O)N1CC2CCC1C1CN(Cc3ccccc3)CC21. The lowest BCUT2D eigenvalue weighted by molar-refractivity contribution is -0.00619. The maximum absolute atomic E-state index is 12.5. The average molecular weight is 313 g/mol. The van der Waals surface area contributed by atoms with Gasteiger partial charge >= 0.3 is 6.03 Å². The van der Waals surface area contributed by atoms with Crippen LogP contribution in [-0.4, -0.2) is 60.5 Å². The van der Waals surface area contributed by atoms with Gasteiger partial charge in [0, 0.05) is 46.3 Å². The number of likely N-dealkylation sites (tertiary alicyclic amines) is 1. The number of fused-ring (bicyclic) bond motifs is 2. The minimum absolute atomic E-state index is 0.208. The first-order valence-corrected chi connectivity index (χ1v) is 8.87. The van der Waals surface area contributed by atoms with Crippen LogP contribution >= 0.6 is 0 Å². The van der Waals surface area contributed by atoms with Gasteiger partial charge in [0.25, 0.3) is 0 Å². The number of piperidine rings is 2. The second kappa shape index (κ2) is 5.82. The first-order chi connectivity index (χ1) is 11.1. The highest BCUT2D eigenvalue weighted by molar-refractivity contribution is 5.74. The molecule has 4 unspecified atom stereocenters. The van der Waals surface area contributed by atoms with Crippen LogP contribution in [0.5, 0.6) is 0 Å². The highest BCUT2D eigenvalue weighted by atomic mass is 16.2. The highest BCUT2D eigenvalue weighted by Crippen LogP contribution is 2.47. The van der Waals surface area contributed by atoms with E-state index in [-0.39, 0.29) is 6.03 Å². The van der Waals surface area contributed by atoms with E-state index in [1.54, 1.807) is 4.90 Å². The Hall–Kier alpha value is -1.55.